The van der Waals surface area contributed by atoms with Crippen molar-refractivity contribution >= 4 is 5.82 Å². The highest BCUT2D eigenvalue weighted by Crippen LogP contribution is 2.21. The molecule has 2 N–H and O–H groups in total. The fourth-order valence-corrected chi connectivity index (χ4v) is 1.88. The molecule has 1 unspecified atom stereocenters. The molecule has 0 aliphatic carbocycles. The second-order valence-electron chi connectivity index (χ2n) is 4.03. The van der Waals surface area contributed by atoms with Crippen molar-refractivity contribution in [3.63, 3.8) is 0 Å². The normalized spacial score (nSPS) is 21.6. The molecule has 1 saturated heterocycles. The van der Waals surface area contributed by atoms with Gasteiger partial charge in [-0.1, -0.05) is 6.07 Å². The molecule has 1 aliphatic heterocycles. The molecule has 3 nitrogen and oxygen atoms in total. The van der Waals surface area contributed by atoms with Gasteiger partial charge in [0.25, 0.3) is 0 Å². The molecule has 2 rings (SSSR count). The van der Waals surface area contributed by atoms with Gasteiger partial charge in [-0.25, -0.2) is 4.98 Å². The number of nitrogens with two attached hydrogens (primary N) is 1. The van der Waals surface area contributed by atoms with Crippen LogP contribution in [0.25, 0.3) is 0 Å². The van der Waals surface area contributed by atoms with Gasteiger partial charge in [-0.3, -0.25) is 0 Å². The molecule has 2 heterocycles. The Labute approximate surface area is 84.9 Å². The van der Waals surface area contributed by atoms with Gasteiger partial charge in [0.1, 0.15) is 5.82 Å². The van der Waals surface area contributed by atoms with Crippen molar-refractivity contribution in [3.8, 4) is 0 Å². The smallest absolute Gasteiger partial charge is 0.128 e. The standard InChI is InChI=1S/C11H17N3/c1-9-2-3-11(13-7-9)14-5-4-10(6-12)8-14/h2-3,7,10H,4-6,8,12H2,1H3. The van der Waals surface area contributed by atoms with E-state index in [1.54, 1.807) is 0 Å². The minimum atomic E-state index is 0.651. The van der Waals surface area contributed by atoms with E-state index in [-0.39, 0.29) is 0 Å². The molecule has 14 heavy (non-hydrogen) atoms. The molecular formula is C11H17N3. The fraction of sp³-hybridized carbons (Fsp3) is 0.545. The third-order valence-corrected chi connectivity index (χ3v) is 2.84. The summed E-state index contributed by atoms with van der Waals surface area (Å²) < 4.78 is 0. The van der Waals surface area contributed by atoms with Crippen LogP contribution < -0.4 is 10.6 Å². The van der Waals surface area contributed by atoms with Crippen molar-refractivity contribution in [2.75, 3.05) is 24.5 Å². The van der Waals surface area contributed by atoms with Gasteiger partial charge in [0.15, 0.2) is 0 Å². The van der Waals surface area contributed by atoms with Crippen LogP contribution in [-0.4, -0.2) is 24.6 Å². The highest BCUT2D eigenvalue weighted by atomic mass is 15.2. The van der Waals surface area contributed by atoms with Gasteiger partial charge in [-0.15, -0.1) is 0 Å². The molecule has 1 fully saturated rings. The van der Waals surface area contributed by atoms with Gasteiger partial charge in [0.2, 0.25) is 0 Å². The molecule has 0 bridgehead atoms. The van der Waals surface area contributed by atoms with Crippen molar-refractivity contribution in [3.05, 3.63) is 23.9 Å². The number of hydrogen-bond acceptors (Lipinski definition) is 3. The lowest BCUT2D eigenvalue weighted by Gasteiger charge is -2.16. The van der Waals surface area contributed by atoms with Crippen LogP contribution in [0.15, 0.2) is 18.3 Å². The lowest BCUT2D eigenvalue weighted by Crippen LogP contribution is -2.23. The average Bonchev–Trinajstić information content (AvgIpc) is 2.67. The first-order chi connectivity index (χ1) is 6.79. The fourth-order valence-electron chi connectivity index (χ4n) is 1.88. The van der Waals surface area contributed by atoms with E-state index in [9.17, 15) is 0 Å². The summed E-state index contributed by atoms with van der Waals surface area (Å²) in [5.41, 5.74) is 6.86. The number of aromatic nitrogens is 1. The van der Waals surface area contributed by atoms with Crippen LogP contribution in [0.5, 0.6) is 0 Å². The Morgan fingerprint density at radius 1 is 1.57 bits per heavy atom. The number of rotatable bonds is 2. The van der Waals surface area contributed by atoms with Crippen molar-refractivity contribution in [1.29, 1.82) is 0 Å². The van der Waals surface area contributed by atoms with Crippen molar-refractivity contribution in [2.24, 2.45) is 11.7 Å². The summed E-state index contributed by atoms with van der Waals surface area (Å²) in [4.78, 5) is 6.73. The molecule has 76 valence electrons. The second-order valence-corrected chi connectivity index (χ2v) is 4.03. The Kier molecular flexibility index (Phi) is 2.68. The number of aryl methyl sites for hydroxylation is 1. The molecule has 1 aromatic rings. The van der Waals surface area contributed by atoms with Gasteiger partial charge < -0.3 is 10.6 Å². The monoisotopic (exact) mass is 191 g/mol. The third-order valence-electron chi connectivity index (χ3n) is 2.84. The Hall–Kier alpha value is -1.09. The van der Waals surface area contributed by atoms with Crippen LogP contribution in [0.4, 0.5) is 5.82 Å². The molecule has 0 spiro atoms. The van der Waals surface area contributed by atoms with Gasteiger partial charge >= 0.3 is 0 Å². The molecule has 1 aliphatic rings. The minimum Gasteiger partial charge on any atom is -0.356 e. The van der Waals surface area contributed by atoms with Crippen molar-refractivity contribution in [1.82, 2.24) is 4.98 Å². The van der Waals surface area contributed by atoms with Crippen LogP contribution in [0.1, 0.15) is 12.0 Å². The molecule has 3 heteroatoms. The van der Waals surface area contributed by atoms with Gasteiger partial charge in [0.05, 0.1) is 0 Å². The van der Waals surface area contributed by atoms with E-state index in [4.69, 9.17) is 5.73 Å². The molecule has 0 radical (unpaired) electrons. The topological polar surface area (TPSA) is 42.1 Å². The largest absolute Gasteiger partial charge is 0.356 e. The van der Waals surface area contributed by atoms with Crippen molar-refractivity contribution < 1.29 is 0 Å². The Morgan fingerprint density at radius 3 is 3.00 bits per heavy atom. The molecule has 0 aromatic carbocycles. The minimum absolute atomic E-state index is 0.651. The van der Waals surface area contributed by atoms with E-state index < -0.39 is 0 Å². The van der Waals surface area contributed by atoms with E-state index >= 15 is 0 Å². The van der Waals surface area contributed by atoms with E-state index in [0.717, 1.165) is 25.5 Å². The predicted octanol–water partition coefficient (Wildman–Crippen LogP) is 1.18. The number of nitrogens with zero attached hydrogens (tertiary/aromatic N) is 2. The summed E-state index contributed by atoms with van der Waals surface area (Å²) in [5, 5.41) is 0. The SMILES string of the molecule is Cc1ccc(N2CCC(CN)C2)nc1. The van der Waals surface area contributed by atoms with E-state index in [2.05, 4.69) is 28.9 Å². The van der Waals surface area contributed by atoms with Crippen LogP contribution in [0.2, 0.25) is 0 Å². The highest BCUT2D eigenvalue weighted by molar-refractivity contribution is 5.40. The molecule has 0 amide bonds. The van der Waals surface area contributed by atoms with E-state index in [1.807, 2.05) is 6.20 Å². The lowest BCUT2D eigenvalue weighted by atomic mass is 10.1. The Morgan fingerprint density at radius 2 is 2.43 bits per heavy atom. The quantitative estimate of drug-likeness (QED) is 0.763. The van der Waals surface area contributed by atoms with E-state index in [0.29, 0.717) is 5.92 Å². The third kappa shape index (κ3) is 1.87. The average molecular weight is 191 g/mol. The molecule has 0 saturated carbocycles. The summed E-state index contributed by atoms with van der Waals surface area (Å²) >= 11 is 0. The molecule has 1 atom stereocenters. The maximum atomic E-state index is 5.65. The van der Waals surface area contributed by atoms with Crippen LogP contribution in [-0.2, 0) is 0 Å². The molecular weight excluding hydrogens is 174 g/mol. The second kappa shape index (κ2) is 3.96. The number of pyridine rings is 1. The summed E-state index contributed by atoms with van der Waals surface area (Å²) in [6.45, 7) is 5.01. The summed E-state index contributed by atoms with van der Waals surface area (Å²) in [6, 6.07) is 4.20. The van der Waals surface area contributed by atoms with Gasteiger partial charge in [-0.05, 0) is 37.4 Å². The first kappa shape index (κ1) is 9.46. The van der Waals surface area contributed by atoms with Crippen LogP contribution >= 0.6 is 0 Å². The van der Waals surface area contributed by atoms with Crippen LogP contribution in [0.3, 0.4) is 0 Å². The summed E-state index contributed by atoms with van der Waals surface area (Å²) in [6.07, 6.45) is 3.12. The first-order valence-electron chi connectivity index (χ1n) is 5.17. The predicted molar refractivity (Wildman–Crippen MR) is 58.3 cm³/mol. The van der Waals surface area contributed by atoms with Gasteiger partial charge in [0, 0.05) is 19.3 Å². The first-order valence-corrected chi connectivity index (χ1v) is 5.17. The Balaban J connectivity index is 2.06. The maximum Gasteiger partial charge on any atom is 0.128 e. The zero-order valence-corrected chi connectivity index (χ0v) is 8.61. The highest BCUT2D eigenvalue weighted by Gasteiger charge is 2.21. The lowest BCUT2D eigenvalue weighted by molar-refractivity contribution is 0.602. The summed E-state index contributed by atoms with van der Waals surface area (Å²) in [7, 11) is 0. The Bertz CT molecular complexity index is 294. The zero-order chi connectivity index (χ0) is 9.97. The number of hydrogen-bond donors (Lipinski definition) is 1. The van der Waals surface area contributed by atoms with Crippen molar-refractivity contribution in [2.45, 2.75) is 13.3 Å². The maximum absolute atomic E-state index is 5.65. The summed E-state index contributed by atoms with van der Waals surface area (Å²) in [5.74, 6) is 1.74. The van der Waals surface area contributed by atoms with Gasteiger partial charge in [-0.2, -0.15) is 0 Å². The molecule has 1 aromatic heterocycles. The number of anilines is 1. The zero-order valence-electron chi connectivity index (χ0n) is 8.61. The van der Waals surface area contributed by atoms with Crippen LogP contribution in [0, 0.1) is 12.8 Å². The van der Waals surface area contributed by atoms with E-state index in [1.165, 1.54) is 12.0 Å².